The number of rotatable bonds is 4. The Balaban J connectivity index is 1.49. The standard InChI is InChI=1S/C22H24ClIN4O3/c23-19-6-4-16(24)14-18(19)22(29)27-12-10-25(11-13-27)17-5-7-20(28(30)31)21(15-17)26-8-2-1-3-9-26/h4-7,14-15H,1-3,8-13H2. The quantitative estimate of drug-likeness (QED) is 0.308. The number of hydrogen-bond donors (Lipinski definition) is 0. The second kappa shape index (κ2) is 9.60. The lowest BCUT2D eigenvalue weighted by Gasteiger charge is -2.37. The summed E-state index contributed by atoms with van der Waals surface area (Å²) in [5.41, 5.74) is 2.36. The Morgan fingerprint density at radius 1 is 0.935 bits per heavy atom. The van der Waals surface area contributed by atoms with E-state index in [1.165, 1.54) is 6.42 Å². The molecule has 9 heteroatoms. The molecular weight excluding hydrogens is 531 g/mol. The van der Waals surface area contributed by atoms with Crippen molar-refractivity contribution in [2.75, 3.05) is 49.1 Å². The van der Waals surface area contributed by atoms with Crippen molar-refractivity contribution in [3.63, 3.8) is 0 Å². The van der Waals surface area contributed by atoms with Gasteiger partial charge in [0.25, 0.3) is 11.6 Å². The number of amides is 1. The number of nitro benzene ring substituents is 1. The SMILES string of the molecule is O=C(c1cc(I)ccc1Cl)N1CCN(c2ccc([N+](=O)[O-])c(N3CCCCC3)c2)CC1. The van der Waals surface area contributed by atoms with Gasteiger partial charge in [-0.05, 0) is 72.2 Å². The minimum absolute atomic E-state index is 0.0547. The normalized spacial score (nSPS) is 17.0. The molecule has 0 N–H and O–H groups in total. The molecular formula is C22H24ClIN4O3. The average molecular weight is 555 g/mol. The van der Waals surface area contributed by atoms with Gasteiger partial charge >= 0.3 is 0 Å². The van der Waals surface area contributed by atoms with Crippen molar-refractivity contribution >= 4 is 57.2 Å². The lowest BCUT2D eigenvalue weighted by atomic mass is 10.1. The van der Waals surface area contributed by atoms with Crippen LogP contribution in [0, 0.1) is 13.7 Å². The molecule has 1 amide bonds. The summed E-state index contributed by atoms with van der Waals surface area (Å²) in [5.74, 6) is -0.0547. The number of carbonyl (C=O) groups is 1. The Labute approximate surface area is 200 Å². The Hall–Kier alpha value is -2.07. The van der Waals surface area contributed by atoms with Crippen LogP contribution in [-0.4, -0.2) is 55.0 Å². The second-order valence-corrected chi connectivity index (χ2v) is 9.53. The van der Waals surface area contributed by atoms with Crippen LogP contribution in [0.1, 0.15) is 29.6 Å². The van der Waals surface area contributed by atoms with Crippen molar-refractivity contribution in [3.05, 3.63) is 60.7 Å². The van der Waals surface area contributed by atoms with E-state index in [1.807, 2.05) is 29.2 Å². The molecule has 31 heavy (non-hydrogen) atoms. The van der Waals surface area contributed by atoms with Gasteiger partial charge in [-0.25, -0.2) is 0 Å². The first-order valence-electron chi connectivity index (χ1n) is 10.5. The largest absolute Gasteiger partial charge is 0.368 e. The van der Waals surface area contributed by atoms with Gasteiger partial charge in [-0.15, -0.1) is 0 Å². The number of nitrogens with zero attached hydrogens (tertiary/aromatic N) is 4. The molecule has 164 valence electrons. The Morgan fingerprint density at radius 3 is 2.32 bits per heavy atom. The minimum atomic E-state index is -0.296. The number of benzene rings is 2. The van der Waals surface area contributed by atoms with E-state index in [9.17, 15) is 14.9 Å². The van der Waals surface area contributed by atoms with E-state index in [1.54, 1.807) is 12.1 Å². The Morgan fingerprint density at radius 2 is 1.65 bits per heavy atom. The van der Waals surface area contributed by atoms with Crippen LogP contribution in [0.5, 0.6) is 0 Å². The Kier molecular flexibility index (Phi) is 6.86. The van der Waals surface area contributed by atoms with Gasteiger partial charge in [-0.2, -0.15) is 0 Å². The van der Waals surface area contributed by atoms with Crippen molar-refractivity contribution in [2.24, 2.45) is 0 Å². The van der Waals surface area contributed by atoms with E-state index < -0.39 is 0 Å². The first kappa shape index (κ1) is 22.1. The van der Waals surface area contributed by atoms with Gasteiger partial charge in [0, 0.05) is 54.6 Å². The number of halogens is 2. The van der Waals surface area contributed by atoms with Crippen LogP contribution in [0.3, 0.4) is 0 Å². The number of piperidine rings is 1. The third-order valence-electron chi connectivity index (χ3n) is 5.94. The molecule has 2 heterocycles. The zero-order valence-corrected chi connectivity index (χ0v) is 20.0. The highest BCUT2D eigenvalue weighted by Crippen LogP contribution is 2.34. The zero-order valence-electron chi connectivity index (χ0n) is 17.1. The predicted octanol–water partition coefficient (Wildman–Crippen LogP) is 4.81. The number of nitro groups is 1. The van der Waals surface area contributed by atoms with Crippen LogP contribution < -0.4 is 9.80 Å². The maximum atomic E-state index is 12.9. The molecule has 2 aromatic carbocycles. The fourth-order valence-electron chi connectivity index (χ4n) is 4.25. The van der Waals surface area contributed by atoms with Gasteiger partial charge in [0.2, 0.25) is 0 Å². The molecule has 0 aromatic heterocycles. The molecule has 0 atom stereocenters. The van der Waals surface area contributed by atoms with Crippen LogP contribution in [-0.2, 0) is 0 Å². The fraction of sp³-hybridized carbons (Fsp3) is 0.409. The van der Waals surface area contributed by atoms with Gasteiger partial charge < -0.3 is 14.7 Å². The topological polar surface area (TPSA) is 69.9 Å². The van der Waals surface area contributed by atoms with E-state index in [-0.39, 0.29) is 16.5 Å². The third-order valence-corrected chi connectivity index (χ3v) is 6.94. The summed E-state index contributed by atoms with van der Waals surface area (Å²) in [6, 6.07) is 10.8. The summed E-state index contributed by atoms with van der Waals surface area (Å²) < 4.78 is 0.972. The molecule has 4 rings (SSSR count). The molecule has 2 aromatic rings. The molecule has 0 saturated carbocycles. The minimum Gasteiger partial charge on any atom is -0.368 e. The van der Waals surface area contributed by atoms with Gasteiger partial charge in [0.1, 0.15) is 5.69 Å². The van der Waals surface area contributed by atoms with Crippen molar-refractivity contribution in [1.82, 2.24) is 4.90 Å². The lowest BCUT2D eigenvalue weighted by molar-refractivity contribution is -0.384. The zero-order chi connectivity index (χ0) is 22.0. The molecule has 0 bridgehead atoms. The number of piperazine rings is 1. The van der Waals surface area contributed by atoms with E-state index in [0.717, 1.165) is 35.2 Å². The van der Waals surface area contributed by atoms with E-state index >= 15 is 0 Å². The fourth-order valence-corrected chi connectivity index (χ4v) is 4.94. The van der Waals surface area contributed by atoms with E-state index in [4.69, 9.17) is 11.6 Å². The summed E-state index contributed by atoms with van der Waals surface area (Å²) >= 11 is 8.42. The first-order chi connectivity index (χ1) is 14.9. The van der Waals surface area contributed by atoms with Crippen LogP contribution in [0.2, 0.25) is 5.02 Å². The first-order valence-corrected chi connectivity index (χ1v) is 11.9. The highest BCUT2D eigenvalue weighted by Gasteiger charge is 2.26. The van der Waals surface area contributed by atoms with Crippen LogP contribution in [0.15, 0.2) is 36.4 Å². The molecule has 0 unspecified atom stereocenters. The molecule has 0 spiro atoms. The summed E-state index contributed by atoms with van der Waals surface area (Å²) in [6.07, 6.45) is 3.29. The molecule has 7 nitrogen and oxygen atoms in total. The molecule has 2 fully saturated rings. The molecule has 2 aliphatic rings. The second-order valence-electron chi connectivity index (χ2n) is 7.88. The lowest BCUT2D eigenvalue weighted by Crippen LogP contribution is -2.49. The Bertz CT molecular complexity index is 989. The number of carbonyl (C=O) groups excluding carboxylic acids is 1. The molecule has 0 aliphatic carbocycles. The monoisotopic (exact) mass is 554 g/mol. The van der Waals surface area contributed by atoms with Crippen molar-refractivity contribution in [1.29, 1.82) is 0 Å². The summed E-state index contributed by atoms with van der Waals surface area (Å²) in [6.45, 7) is 4.20. The summed E-state index contributed by atoms with van der Waals surface area (Å²) in [7, 11) is 0. The van der Waals surface area contributed by atoms with Crippen molar-refractivity contribution in [3.8, 4) is 0 Å². The van der Waals surface area contributed by atoms with Gasteiger partial charge in [0.15, 0.2) is 0 Å². The van der Waals surface area contributed by atoms with Crippen molar-refractivity contribution in [2.45, 2.75) is 19.3 Å². The van der Waals surface area contributed by atoms with Crippen molar-refractivity contribution < 1.29 is 9.72 Å². The highest BCUT2D eigenvalue weighted by molar-refractivity contribution is 14.1. The predicted molar refractivity (Wildman–Crippen MR) is 131 cm³/mol. The average Bonchev–Trinajstić information content (AvgIpc) is 2.80. The van der Waals surface area contributed by atoms with Crippen LogP contribution in [0.4, 0.5) is 17.1 Å². The van der Waals surface area contributed by atoms with Crippen LogP contribution in [0.25, 0.3) is 0 Å². The third kappa shape index (κ3) is 4.90. The number of anilines is 2. The van der Waals surface area contributed by atoms with E-state index in [0.29, 0.717) is 42.5 Å². The maximum absolute atomic E-state index is 12.9. The van der Waals surface area contributed by atoms with Gasteiger partial charge in [-0.1, -0.05) is 11.6 Å². The summed E-state index contributed by atoms with van der Waals surface area (Å²) in [4.78, 5) is 30.3. The molecule has 2 aliphatic heterocycles. The smallest absolute Gasteiger partial charge is 0.292 e. The van der Waals surface area contributed by atoms with Gasteiger partial charge in [0.05, 0.1) is 15.5 Å². The summed E-state index contributed by atoms with van der Waals surface area (Å²) in [5, 5.41) is 12.0. The molecule has 2 saturated heterocycles. The maximum Gasteiger partial charge on any atom is 0.292 e. The van der Waals surface area contributed by atoms with Crippen LogP contribution >= 0.6 is 34.2 Å². The van der Waals surface area contributed by atoms with E-state index in [2.05, 4.69) is 32.4 Å². The highest BCUT2D eigenvalue weighted by atomic mass is 127. The van der Waals surface area contributed by atoms with Gasteiger partial charge in [-0.3, -0.25) is 14.9 Å². The molecule has 0 radical (unpaired) electrons. The number of hydrogen-bond acceptors (Lipinski definition) is 5.